The van der Waals surface area contributed by atoms with Crippen molar-refractivity contribution >= 4 is 12.1 Å². The van der Waals surface area contributed by atoms with Gasteiger partial charge in [-0.2, -0.15) is 0 Å². The number of benzene rings is 1. The Morgan fingerprint density at radius 3 is 1.71 bits per heavy atom. The predicted octanol–water partition coefficient (Wildman–Crippen LogP) is 5.27. The van der Waals surface area contributed by atoms with Gasteiger partial charge in [-0.15, -0.1) is 0 Å². The smallest absolute Gasteiger partial charge is 0.428 e. The lowest BCUT2D eigenvalue weighted by Crippen LogP contribution is -2.28. The Labute approximate surface area is 170 Å². The van der Waals surface area contributed by atoms with Crippen molar-refractivity contribution in [2.75, 3.05) is 7.05 Å². The summed E-state index contributed by atoms with van der Waals surface area (Å²) in [6.45, 7) is 17.9. The van der Waals surface area contributed by atoms with Gasteiger partial charge in [0.1, 0.15) is 11.4 Å². The van der Waals surface area contributed by atoms with Gasteiger partial charge in [0.05, 0.1) is 0 Å². The molecule has 0 aromatic heterocycles. The Hall–Kier alpha value is -2.04. The molecule has 1 aromatic carbocycles. The summed E-state index contributed by atoms with van der Waals surface area (Å²) in [7, 11) is 1.64. The third-order valence-electron chi connectivity index (χ3n) is 4.26. The Kier molecular flexibility index (Phi) is 7.32. The largest absolute Gasteiger partial charge is 0.514 e. The van der Waals surface area contributed by atoms with Crippen LogP contribution in [0.2, 0.25) is 0 Å². The molecule has 0 spiro atoms. The Morgan fingerprint density at radius 2 is 1.36 bits per heavy atom. The van der Waals surface area contributed by atoms with E-state index in [0.717, 1.165) is 16.7 Å². The summed E-state index contributed by atoms with van der Waals surface area (Å²) in [5.41, 5.74) is 1.78. The molecular weight excluding hydrogens is 354 g/mol. The maximum Gasteiger partial charge on any atom is 0.514 e. The van der Waals surface area contributed by atoms with E-state index in [1.807, 2.05) is 32.9 Å². The van der Waals surface area contributed by atoms with Gasteiger partial charge in [0, 0.05) is 24.6 Å². The number of aryl methyl sites for hydroxylation is 1. The lowest BCUT2D eigenvalue weighted by Gasteiger charge is -2.30. The second-order valence-corrected chi connectivity index (χ2v) is 10.3. The third kappa shape index (κ3) is 7.17. The fourth-order valence-corrected chi connectivity index (χ4v) is 2.79. The number of nitrogens with one attached hydrogen (secondary N) is 1. The highest BCUT2D eigenvalue weighted by molar-refractivity contribution is 5.76. The number of carbonyl (C=O) groups excluding carboxylic acids is 2. The molecule has 0 heterocycles. The Balaban J connectivity index is 3.49. The minimum absolute atomic E-state index is 0.00342. The van der Waals surface area contributed by atoms with Crippen LogP contribution in [0, 0.1) is 0 Å². The van der Waals surface area contributed by atoms with E-state index >= 15 is 0 Å². The SMILES string of the molecule is CNC(=O)CCc1cc(C(C)(C)C)c(OC(=O)OC(C)(C)C)c(C(C)(C)C)c1. The van der Waals surface area contributed by atoms with Gasteiger partial charge >= 0.3 is 6.16 Å². The summed E-state index contributed by atoms with van der Waals surface area (Å²) < 4.78 is 11.2. The molecule has 0 saturated carbocycles. The molecule has 0 fully saturated rings. The third-order valence-corrected chi connectivity index (χ3v) is 4.26. The van der Waals surface area contributed by atoms with Crippen molar-refractivity contribution < 1.29 is 19.1 Å². The van der Waals surface area contributed by atoms with Gasteiger partial charge < -0.3 is 14.8 Å². The zero-order valence-electron chi connectivity index (χ0n) is 19.2. The van der Waals surface area contributed by atoms with Crippen LogP contribution in [0.1, 0.15) is 85.4 Å². The molecule has 0 unspecified atom stereocenters. The maximum absolute atomic E-state index is 12.4. The van der Waals surface area contributed by atoms with Crippen molar-refractivity contribution in [2.45, 2.75) is 91.6 Å². The predicted molar refractivity (Wildman–Crippen MR) is 113 cm³/mol. The molecule has 0 aliphatic heterocycles. The van der Waals surface area contributed by atoms with Gasteiger partial charge in [0.25, 0.3) is 0 Å². The van der Waals surface area contributed by atoms with Crippen LogP contribution in [0.25, 0.3) is 0 Å². The van der Waals surface area contributed by atoms with Gasteiger partial charge in [-0.1, -0.05) is 53.7 Å². The van der Waals surface area contributed by atoms with Crippen molar-refractivity contribution in [1.29, 1.82) is 0 Å². The van der Waals surface area contributed by atoms with Gasteiger partial charge in [0.15, 0.2) is 0 Å². The molecule has 0 aliphatic rings. The van der Waals surface area contributed by atoms with Crippen LogP contribution in [0.15, 0.2) is 12.1 Å². The van der Waals surface area contributed by atoms with Crippen LogP contribution < -0.4 is 10.1 Å². The summed E-state index contributed by atoms with van der Waals surface area (Å²) in [4.78, 5) is 24.1. The van der Waals surface area contributed by atoms with E-state index in [4.69, 9.17) is 9.47 Å². The number of amides is 1. The van der Waals surface area contributed by atoms with Crippen LogP contribution in [-0.4, -0.2) is 24.7 Å². The molecule has 0 aliphatic carbocycles. The van der Waals surface area contributed by atoms with Crippen molar-refractivity contribution in [3.05, 3.63) is 28.8 Å². The number of rotatable bonds is 4. The molecular formula is C23H37NO4. The van der Waals surface area contributed by atoms with E-state index < -0.39 is 11.8 Å². The number of hydrogen-bond donors (Lipinski definition) is 1. The van der Waals surface area contributed by atoms with Crippen molar-refractivity contribution in [1.82, 2.24) is 5.32 Å². The van der Waals surface area contributed by atoms with Crippen LogP contribution in [0.4, 0.5) is 4.79 Å². The molecule has 1 N–H and O–H groups in total. The lowest BCUT2D eigenvalue weighted by atomic mass is 9.78. The van der Waals surface area contributed by atoms with Crippen LogP contribution >= 0.6 is 0 Å². The van der Waals surface area contributed by atoms with E-state index in [1.54, 1.807) is 7.05 Å². The van der Waals surface area contributed by atoms with E-state index in [2.05, 4.69) is 46.9 Å². The molecule has 0 saturated heterocycles. The molecule has 0 bridgehead atoms. The molecule has 1 amide bonds. The standard InChI is InChI=1S/C23H37NO4/c1-21(2,3)16-13-15(11-12-18(25)24-10)14-17(22(4,5)6)19(16)27-20(26)28-23(7,8)9/h13-14H,11-12H2,1-10H3,(H,24,25). The normalized spacial score (nSPS) is 12.5. The Morgan fingerprint density at radius 1 is 0.893 bits per heavy atom. The molecule has 1 aromatic rings. The monoisotopic (exact) mass is 391 g/mol. The van der Waals surface area contributed by atoms with Crippen LogP contribution in [0.5, 0.6) is 5.75 Å². The first kappa shape index (κ1) is 24.0. The molecule has 5 heteroatoms. The highest BCUT2D eigenvalue weighted by atomic mass is 16.7. The fraction of sp³-hybridized carbons (Fsp3) is 0.652. The number of hydrogen-bond acceptors (Lipinski definition) is 4. The summed E-state index contributed by atoms with van der Waals surface area (Å²) >= 11 is 0. The quantitative estimate of drug-likeness (QED) is 0.561. The van der Waals surface area contributed by atoms with Crippen molar-refractivity contribution in [2.24, 2.45) is 0 Å². The minimum Gasteiger partial charge on any atom is -0.428 e. The van der Waals surface area contributed by atoms with E-state index in [1.165, 1.54) is 0 Å². The van der Waals surface area contributed by atoms with Gasteiger partial charge in [-0.25, -0.2) is 4.79 Å². The highest BCUT2D eigenvalue weighted by Gasteiger charge is 2.30. The molecule has 0 radical (unpaired) electrons. The van der Waals surface area contributed by atoms with Crippen LogP contribution in [0.3, 0.4) is 0 Å². The van der Waals surface area contributed by atoms with Crippen molar-refractivity contribution in [3.63, 3.8) is 0 Å². The van der Waals surface area contributed by atoms with Gasteiger partial charge in [0.2, 0.25) is 5.91 Å². The van der Waals surface area contributed by atoms with Gasteiger partial charge in [-0.3, -0.25) is 4.79 Å². The summed E-state index contributed by atoms with van der Waals surface area (Å²) in [5, 5.41) is 2.66. The summed E-state index contributed by atoms with van der Waals surface area (Å²) in [6.07, 6.45) is 0.329. The van der Waals surface area contributed by atoms with E-state index in [-0.39, 0.29) is 16.7 Å². The van der Waals surface area contributed by atoms with E-state index in [9.17, 15) is 9.59 Å². The zero-order valence-corrected chi connectivity index (χ0v) is 19.2. The average Bonchev–Trinajstić information content (AvgIpc) is 2.49. The molecule has 5 nitrogen and oxygen atoms in total. The maximum atomic E-state index is 12.4. The Bertz CT molecular complexity index is 681. The second kappa shape index (κ2) is 8.54. The first-order valence-corrected chi connectivity index (χ1v) is 9.84. The van der Waals surface area contributed by atoms with Crippen LogP contribution in [-0.2, 0) is 26.8 Å². The topological polar surface area (TPSA) is 64.6 Å². The molecule has 28 heavy (non-hydrogen) atoms. The fourth-order valence-electron chi connectivity index (χ4n) is 2.79. The van der Waals surface area contributed by atoms with E-state index in [0.29, 0.717) is 18.6 Å². The molecule has 1 rings (SSSR count). The second-order valence-electron chi connectivity index (χ2n) is 10.3. The zero-order chi connectivity index (χ0) is 21.9. The summed E-state index contributed by atoms with van der Waals surface area (Å²) in [5.74, 6) is 0.557. The van der Waals surface area contributed by atoms with Gasteiger partial charge in [-0.05, 0) is 43.6 Å². The minimum atomic E-state index is -0.707. The van der Waals surface area contributed by atoms with Crippen molar-refractivity contribution in [3.8, 4) is 5.75 Å². The lowest BCUT2D eigenvalue weighted by molar-refractivity contribution is -0.120. The number of carbonyl (C=O) groups is 2. The average molecular weight is 392 g/mol. The first-order chi connectivity index (χ1) is 12.5. The highest BCUT2D eigenvalue weighted by Crippen LogP contribution is 2.41. The molecule has 0 atom stereocenters. The first-order valence-electron chi connectivity index (χ1n) is 9.84. The number of ether oxygens (including phenoxy) is 2. The molecule has 158 valence electrons. The summed E-state index contributed by atoms with van der Waals surface area (Å²) in [6, 6.07) is 4.08.